The minimum Gasteiger partial charge on any atom is -0.369 e. The van der Waals surface area contributed by atoms with E-state index in [-0.39, 0.29) is 24.2 Å². The van der Waals surface area contributed by atoms with Gasteiger partial charge in [-0.05, 0) is 69.3 Å². The Bertz CT molecular complexity index is 955. The van der Waals surface area contributed by atoms with Crippen molar-refractivity contribution < 1.29 is 14.0 Å². The van der Waals surface area contributed by atoms with Gasteiger partial charge in [0.2, 0.25) is 5.91 Å². The van der Waals surface area contributed by atoms with Crippen molar-refractivity contribution in [1.29, 1.82) is 0 Å². The normalized spacial score (nSPS) is 15.5. The van der Waals surface area contributed by atoms with Crippen LogP contribution in [0.5, 0.6) is 0 Å². The lowest BCUT2D eigenvalue weighted by atomic mass is 10.0. The summed E-state index contributed by atoms with van der Waals surface area (Å²) in [7, 11) is 2.08. The molecule has 3 rings (SSSR count). The van der Waals surface area contributed by atoms with E-state index in [1.165, 1.54) is 12.1 Å². The number of nitrogens with one attached hydrogen (secondary N) is 2. The zero-order valence-electron chi connectivity index (χ0n) is 18.7. The maximum absolute atomic E-state index is 14.0. The molecule has 2 N–H and O–H groups in total. The Morgan fingerprint density at radius 3 is 2.42 bits per heavy atom. The van der Waals surface area contributed by atoms with Crippen molar-refractivity contribution in [1.82, 2.24) is 15.5 Å². The Balaban J connectivity index is 1.62. The van der Waals surface area contributed by atoms with Gasteiger partial charge in [0.1, 0.15) is 5.82 Å². The minimum atomic E-state index is -0.392. The second kappa shape index (κ2) is 9.92. The highest BCUT2D eigenvalue weighted by Gasteiger charge is 2.21. The summed E-state index contributed by atoms with van der Waals surface area (Å²) in [6, 6.07) is 9.75. The number of aryl methyl sites for hydroxylation is 2. The van der Waals surface area contributed by atoms with Crippen molar-refractivity contribution in [3.05, 3.63) is 64.5 Å². The van der Waals surface area contributed by atoms with Crippen LogP contribution >= 0.6 is 0 Å². The molecule has 0 aromatic heterocycles. The molecule has 1 fully saturated rings. The lowest BCUT2D eigenvalue weighted by molar-refractivity contribution is -0.120. The van der Waals surface area contributed by atoms with Crippen LogP contribution in [0.3, 0.4) is 0 Å². The number of anilines is 1. The number of likely N-dealkylation sites (N-methyl/N-ethyl adjacent to an activating group) is 1. The lowest BCUT2D eigenvalue weighted by Gasteiger charge is -2.36. The molecule has 1 heterocycles. The molecule has 31 heavy (non-hydrogen) atoms. The molecule has 6 nitrogen and oxygen atoms in total. The monoisotopic (exact) mass is 426 g/mol. The molecule has 1 atom stereocenters. The van der Waals surface area contributed by atoms with Gasteiger partial charge in [-0.2, -0.15) is 0 Å². The van der Waals surface area contributed by atoms with E-state index in [1.54, 1.807) is 18.2 Å². The summed E-state index contributed by atoms with van der Waals surface area (Å²) < 4.78 is 14.0. The summed E-state index contributed by atoms with van der Waals surface area (Å²) >= 11 is 0. The third-order valence-corrected chi connectivity index (χ3v) is 5.86. The highest BCUT2D eigenvalue weighted by molar-refractivity contribution is 5.96. The maximum Gasteiger partial charge on any atom is 0.251 e. The molecular formula is C24H31FN4O2. The van der Waals surface area contributed by atoms with E-state index in [0.717, 1.165) is 48.6 Å². The Hall–Kier alpha value is -2.93. The molecule has 2 aromatic rings. The van der Waals surface area contributed by atoms with E-state index in [4.69, 9.17) is 0 Å². The Morgan fingerprint density at radius 1 is 1.03 bits per heavy atom. The molecule has 1 unspecified atom stereocenters. The first-order chi connectivity index (χ1) is 14.7. The second-order valence-corrected chi connectivity index (χ2v) is 8.26. The maximum atomic E-state index is 14.0. The number of nitrogens with zero attached hydrogens (tertiary/aromatic N) is 2. The smallest absolute Gasteiger partial charge is 0.251 e. The minimum absolute atomic E-state index is 0.144. The van der Waals surface area contributed by atoms with Gasteiger partial charge >= 0.3 is 0 Å². The van der Waals surface area contributed by atoms with Crippen LogP contribution in [0.25, 0.3) is 0 Å². The summed E-state index contributed by atoms with van der Waals surface area (Å²) in [6.45, 7) is 9.17. The molecule has 0 radical (unpaired) electrons. The lowest BCUT2D eigenvalue weighted by Crippen LogP contribution is -2.45. The number of carbonyl (C=O) groups excluding carboxylic acids is 2. The van der Waals surface area contributed by atoms with Crippen LogP contribution in [0.15, 0.2) is 36.4 Å². The molecule has 1 aliphatic heterocycles. The topological polar surface area (TPSA) is 64.7 Å². The SMILES string of the molecule is Cc1ccc(C(=O)NCC(=O)NC(C)c2cc(F)ccc2N2CCN(C)CC2)cc1C. The van der Waals surface area contributed by atoms with Crippen LogP contribution in [-0.4, -0.2) is 56.5 Å². The predicted molar refractivity (Wildman–Crippen MR) is 121 cm³/mol. The van der Waals surface area contributed by atoms with Crippen LogP contribution in [0, 0.1) is 19.7 Å². The molecule has 0 bridgehead atoms. The number of carbonyl (C=O) groups is 2. The zero-order chi connectivity index (χ0) is 22.5. The van der Waals surface area contributed by atoms with Crippen LogP contribution in [0.1, 0.15) is 40.0 Å². The van der Waals surface area contributed by atoms with E-state index in [9.17, 15) is 14.0 Å². The second-order valence-electron chi connectivity index (χ2n) is 8.26. The molecule has 166 valence electrons. The fraction of sp³-hybridized carbons (Fsp3) is 0.417. The van der Waals surface area contributed by atoms with Gasteiger partial charge in [0, 0.05) is 43.0 Å². The standard InChI is InChI=1S/C24H31FN4O2/c1-16-5-6-19(13-17(16)2)24(31)26-15-23(30)27-18(3)21-14-20(25)7-8-22(21)29-11-9-28(4)10-12-29/h5-8,13-14,18H,9-12,15H2,1-4H3,(H,26,31)(H,27,30). The summed E-state index contributed by atoms with van der Waals surface area (Å²) in [5.41, 5.74) is 4.31. The Morgan fingerprint density at radius 2 is 1.74 bits per heavy atom. The van der Waals surface area contributed by atoms with Gasteiger partial charge in [-0.25, -0.2) is 4.39 Å². The first-order valence-electron chi connectivity index (χ1n) is 10.6. The predicted octanol–water partition coefficient (Wildman–Crippen LogP) is 2.80. The van der Waals surface area contributed by atoms with Gasteiger partial charge in [-0.3, -0.25) is 9.59 Å². The van der Waals surface area contributed by atoms with Gasteiger partial charge in [0.05, 0.1) is 12.6 Å². The fourth-order valence-electron chi connectivity index (χ4n) is 3.72. The van der Waals surface area contributed by atoms with Gasteiger partial charge in [-0.1, -0.05) is 6.07 Å². The number of hydrogen-bond acceptors (Lipinski definition) is 4. The third kappa shape index (κ3) is 5.82. The number of piperazine rings is 1. The molecule has 0 saturated carbocycles. The fourth-order valence-corrected chi connectivity index (χ4v) is 3.72. The number of hydrogen-bond donors (Lipinski definition) is 2. The largest absolute Gasteiger partial charge is 0.369 e. The van der Waals surface area contributed by atoms with Gasteiger partial charge in [0.25, 0.3) is 5.91 Å². The number of amides is 2. The quantitative estimate of drug-likeness (QED) is 0.746. The van der Waals surface area contributed by atoms with Crippen molar-refractivity contribution in [2.45, 2.75) is 26.8 Å². The van der Waals surface area contributed by atoms with Crippen molar-refractivity contribution in [3.8, 4) is 0 Å². The number of rotatable bonds is 6. The average Bonchev–Trinajstić information content (AvgIpc) is 2.74. The van der Waals surface area contributed by atoms with Crippen molar-refractivity contribution in [2.75, 3.05) is 44.7 Å². The van der Waals surface area contributed by atoms with E-state index < -0.39 is 6.04 Å². The highest BCUT2D eigenvalue weighted by Crippen LogP contribution is 2.28. The van der Waals surface area contributed by atoms with Crippen molar-refractivity contribution >= 4 is 17.5 Å². The molecule has 7 heteroatoms. The number of benzene rings is 2. The van der Waals surface area contributed by atoms with Crippen LogP contribution < -0.4 is 15.5 Å². The van der Waals surface area contributed by atoms with E-state index in [1.807, 2.05) is 26.8 Å². The van der Waals surface area contributed by atoms with Gasteiger partial charge in [0.15, 0.2) is 0 Å². The molecule has 1 saturated heterocycles. The molecular weight excluding hydrogens is 395 g/mol. The molecule has 2 aromatic carbocycles. The van der Waals surface area contributed by atoms with E-state index in [2.05, 4.69) is 27.5 Å². The van der Waals surface area contributed by atoms with Crippen molar-refractivity contribution in [2.24, 2.45) is 0 Å². The highest BCUT2D eigenvalue weighted by atomic mass is 19.1. The molecule has 0 spiro atoms. The molecule has 0 aliphatic carbocycles. The first-order valence-corrected chi connectivity index (χ1v) is 10.6. The van der Waals surface area contributed by atoms with Crippen molar-refractivity contribution in [3.63, 3.8) is 0 Å². The van der Waals surface area contributed by atoms with Crippen LogP contribution in [0.4, 0.5) is 10.1 Å². The zero-order valence-corrected chi connectivity index (χ0v) is 18.7. The number of halogens is 1. The summed E-state index contributed by atoms with van der Waals surface area (Å²) in [4.78, 5) is 29.3. The molecule has 2 amide bonds. The van der Waals surface area contributed by atoms with E-state index >= 15 is 0 Å². The van der Waals surface area contributed by atoms with E-state index in [0.29, 0.717) is 5.56 Å². The molecule has 1 aliphatic rings. The Labute approximate surface area is 183 Å². The third-order valence-electron chi connectivity index (χ3n) is 5.86. The first kappa shape index (κ1) is 22.7. The summed E-state index contributed by atoms with van der Waals surface area (Å²) in [5, 5.41) is 5.54. The van der Waals surface area contributed by atoms with Gasteiger partial charge < -0.3 is 20.4 Å². The van der Waals surface area contributed by atoms with Gasteiger partial charge in [-0.15, -0.1) is 0 Å². The summed E-state index contributed by atoms with van der Waals surface area (Å²) in [5.74, 6) is -0.954. The Kier molecular flexibility index (Phi) is 7.28. The average molecular weight is 427 g/mol. The van der Waals surface area contributed by atoms with Crippen LogP contribution in [0.2, 0.25) is 0 Å². The summed E-state index contributed by atoms with van der Waals surface area (Å²) in [6.07, 6.45) is 0. The van der Waals surface area contributed by atoms with Crippen LogP contribution in [-0.2, 0) is 4.79 Å².